The van der Waals surface area contributed by atoms with Crippen molar-refractivity contribution in [3.05, 3.63) is 52.5 Å². The number of rotatable bonds is 5. The summed E-state index contributed by atoms with van der Waals surface area (Å²) in [6, 6.07) is 12.7. The zero-order valence-corrected chi connectivity index (χ0v) is 17.1. The topological polar surface area (TPSA) is 35.8 Å². The number of nitrogens with zero attached hydrogens (tertiary/aromatic N) is 1. The monoisotopic (exact) mass is 383 g/mol. The summed E-state index contributed by atoms with van der Waals surface area (Å²) in [6.07, 6.45) is 2.50. The SMILES string of the molecule is COc1cc(C)c(C[NH+]2CCC[C@@H](c3nc4ccccc4s3)C2)cc1OC. The van der Waals surface area contributed by atoms with E-state index in [2.05, 4.69) is 43.3 Å². The van der Waals surface area contributed by atoms with Crippen molar-refractivity contribution < 1.29 is 14.4 Å². The molecule has 0 amide bonds. The van der Waals surface area contributed by atoms with Crippen molar-refractivity contribution in [2.45, 2.75) is 32.2 Å². The van der Waals surface area contributed by atoms with Gasteiger partial charge >= 0.3 is 0 Å². The number of aryl methyl sites for hydroxylation is 1. The Morgan fingerprint density at radius 1 is 1.15 bits per heavy atom. The minimum Gasteiger partial charge on any atom is -0.493 e. The quantitative estimate of drug-likeness (QED) is 0.731. The number of nitrogens with one attached hydrogen (secondary N) is 1. The Bertz CT molecular complexity index is 904. The third-order valence-electron chi connectivity index (χ3n) is 5.56. The summed E-state index contributed by atoms with van der Waals surface area (Å²) < 4.78 is 12.2. The molecule has 1 aliphatic rings. The molecule has 0 radical (unpaired) electrons. The van der Waals surface area contributed by atoms with Crippen LogP contribution in [0.25, 0.3) is 10.2 Å². The van der Waals surface area contributed by atoms with Gasteiger partial charge in [-0.1, -0.05) is 12.1 Å². The highest BCUT2D eigenvalue weighted by molar-refractivity contribution is 7.18. The van der Waals surface area contributed by atoms with Gasteiger partial charge in [-0.3, -0.25) is 0 Å². The van der Waals surface area contributed by atoms with Crippen LogP contribution in [0.1, 0.15) is 34.9 Å². The second kappa shape index (κ2) is 7.87. The van der Waals surface area contributed by atoms with E-state index < -0.39 is 0 Å². The number of hydrogen-bond donors (Lipinski definition) is 1. The molecular formula is C22H27N2O2S+. The molecule has 1 aromatic heterocycles. The lowest BCUT2D eigenvalue weighted by atomic mass is 9.97. The zero-order valence-electron chi connectivity index (χ0n) is 16.2. The van der Waals surface area contributed by atoms with Crippen LogP contribution < -0.4 is 14.4 Å². The van der Waals surface area contributed by atoms with Gasteiger partial charge in [-0.2, -0.15) is 0 Å². The zero-order chi connectivity index (χ0) is 18.8. The van der Waals surface area contributed by atoms with Crippen LogP contribution in [0.15, 0.2) is 36.4 Å². The van der Waals surface area contributed by atoms with Crippen LogP contribution in [-0.4, -0.2) is 32.3 Å². The molecule has 0 saturated carbocycles. The van der Waals surface area contributed by atoms with E-state index in [1.807, 2.05) is 11.3 Å². The summed E-state index contributed by atoms with van der Waals surface area (Å²) in [5, 5.41) is 1.30. The fourth-order valence-electron chi connectivity index (χ4n) is 4.07. The predicted molar refractivity (Wildman–Crippen MR) is 110 cm³/mol. The van der Waals surface area contributed by atoms with E-state index in [1.165, 1.54) is 40.2 Å². The molecule has 1 N–H and O–H groups in total. The number of piperidine rings is 1. The Morgan fingerprint density at radius 2 is 1.93 bits per heavy atom. The molecule has 3 aromatic rings. The molecule has 1 saturated heterocycles. The van der Waals surface area contributed by atoms with Gasteiger partial charge in [0.05, 0.1) is 43.4 Å². The van der Waals surface area contributed by atoms with Crippen LogP contribution in [-0.2, 0) is 6.54 Å². The van der Waals surface area contributed by atoms with Gasteiger partial charge < -0.3 is 14.4 Å². The minimum atomic E-state index is 0.562. The average Bonchev–Trinajstić information content (AvgIpc) is 3.14. The number of aromatic nitrogens is 1. The van der Waals surface area contributed by atoms with Crippen LogP contribution in [0.4, 0.5) is 0 Å². The molecule has 0 aliphatic carbocycles. The third kappa shape index (κ3) is 3.80. The van der Waals surface area contributed by atoms with E-state index in [9.17, 15) is 0 Å². The van der Waals surface area contributed by atoms with Crippen LogP contribution in [0.5, 0.6) is 11.5 Å². The van der Waals surface area contributed by atoms with Crippen molar-refractivity contribution in [1.82, 2.24) is 4.98 Å². The van der Waals surface area contributed by atoms with Crippen LogP contribution in [0.2, 0.25) is 0 Å². The number of hydrogen-bond acceptors (Lipinski definition) is 4. The van der Waals surface area contributed by atoms with Crippen LogP contribution in [0.3, 0.4) is 0 Å². The molecule has 4 rings (SSSR count). The largest absolute Gasteiger partial charge is 0.493 e. The normalized spacial score (nSPS) is 20.0. The molecular weight excluding hydrogens is 356 g/mol. The first kappa shape index (κ1) is 18.3. The summed E-state index contributed by atoms with van der Waals surface area (Å²) in [4.78, 5) is 6.54. The molecule has 1 unspecified atom stereocenters. The lowest BCUT2D eigenvalue weighted by Crippen LogP contribution is -3.12. The van der Waals surface area contributed by atoms with Crippen LogP contribution in [0, 0.1) is 6.92 Å². The van der Waals surface area contributed by atoms with E-state index in [0.717, 1.165) is 30.1 Å². The number of para-hydroxylation sites is 1. The fourth-order valence-corrected chi connectivity index (χ4v) is 5.17. The summed E-state index contributed by atoms with van der Waals surface area (Å²) >= 11 is 1.87. The maximum Gasteiger partial charge on any atom is 0.161 e. The van der Waals surface area contributed by atoms with Gasteiger partial charge in [0.25, 0.3) is 0 Å². The van der Waals surface area contributed by atoms with Crippen molar-refractivity contribution in [2.75, 3.05) is 27.3 Å². The Balaban J connectivity index is 1.52. The van der Waals surface area contributed by atoms with Crippen molar-refractivity contribution in [3.63, 3.8) is 0 Å². The molecule has 142 valence electrons. The lowest BCUT2D eigenvalue weighted by Gasteiger charge is -2.29. The predicted octanol–water partition coefficient (Wildman–Crippen LogP) is 3.58. The molecule has 0 spiro atoms. The molecule has 27 heavy (non-hydrogen) atoms. The highest BCUT2D eigenvalue weighted by Gasteiger charge is 2.27. The molecule has 2 heterocycles. The van der Waals surface area contributed by atoms with Gasteiger partial charge in [-0.25, -0.2) is 4.98 Å². The average molecular weight is 384 g/mol. The summed E-state index contributed by atoms with van der Waals surface area (Å²) in [5.74, 6) is 2.18. The third-order valence-corrected chi connectivity index (χ3v) is 6.76. The summed E-state index contributed by atoms with van der Waals surface area (Å²) in [7, 11) is 3.39. The Labute approximate surface area is 164 Å². The van der Waals surface area contributed by atoms with Crippen molar-refractivity contribution in [1.29, 1.82) is 0 Å². The fraction of sp³-hybridized carbons (Fsp3) is 0.409. The van der Waals surface area contributed by atoms with Gasteiger partial charge in [0.15, 0.2) is 11.5 Å². The second-order valence-electron chi connectivity index (χ2n) is 7.37. The second-order valence-corrected chi connectivity index (χ2v) is 8.44. The number of fused-ring (bicyclic) bond motifs is 1. The Kier molecular flexibility index (Phi) is 5.32. The van der Waals surface area contributed by atoms with E-state index in [4.69, 9.17) is 14.5 Å². The Morgan fingerprint density at radius 3 is 2.70 bits per heavy atom. The van der Waals surface area contributed by atoms with Gasteiger partial charge in [0.2, 0.25) is 0 Å². The summed E-state index contributed by atoms with van der Waals surface area (Å²) in [6.45, 7) is 5.54. The van der Waals surface area contributed by atoms with E-state index in [-0.39, 0.29) is 0 Å². The number of thiazole rings is 1. The minimum absolute atomic E-state index is 0.562. The van der Waals surface area contributed by atoms with E-state index in [1.54, 1.807) is 19.1 Å². The lowest BCUT2D eigenvalue weighted by molar-refractivity contribution is -0.920. The van der Waals surface area contributed by atoms with Crippen molar-refractivity contribution >= 4 is 21.6 Å². The van der Waals surface area contributed by atoms with Gasteiger partial charge in [0.1, 0.15) is 11.6 Å². The number of ether oxygens (including phenoxy) is 2. The number of likely N-dealkylation sites (tertiary alicyclic amines) is 1. The number of benzene rings is 2. The molecule has 4 nitrogen and oxygen atoms in total. The molecule has 1 fully saturated rings. The molecule has 0 bridgehead atoms. The number of methoxy groups -OCH3 is 2. The first-order valence-corrected chi connectivity index (χ1v) is 10.4. The highest BCUT2D eigenvalue weighted by Crippen LogP contribution is 2.31. The summed E-state index contributed by atoms with van der Waals surface area (Å²) in [5.41, 5.74) is 3.75. The molecule has 5 heteroatoms. The van der Waals surface area contributed by atoms with Gasteiger partial charge in [0, 0.05) is 5.56 Å². The first-order valence-electron chi connectivity index (χ1n) is 9.58. The molecule has 1 aliphatic heterocycles. The standard InChI is InChI=1S/C22H26N2O2S/c1-15-11-19(25-2)20(26-3)12-17(15)14-24-10-6-7-16(13-24)22-23-18-8-4-5-9-21(18)27-22/h4-5,8-9,11-12,16H,6-7,10,13-14H2,1-3H3/p+1/t16-/m1/s1. The maximum atomic E-state index is 5.50. The van der Waals surface area contributed by atoms with E-state index >= 15 is 0 Å². The number of quaternary nitrogens is 1. The van der Waals surface area contributed by atoms with Crippen molar-refractivity contribution in [3.8, 4) is 11.5 Å². The van der Waals surface area contributed by atoms with Crippen LogP contribution >= 0.6 is 11.3 Å². The Hall–Kier alpha value is -2.11. The van der Waals surface area contributed by atoms with Gasteiger partial charge in [-0.15, -0.1) is 11.3 Å². The highest BCUT2D eigenvalue weighted by atomic mass is 32.1. The van der Waals surface area contributed by atoms with Crippen molar-refractivity contribution in [2.24, 2.45) is 0 Å². The first-order chi connectivity index (χ1) is 13.2. The molecule has 2 atom stereocenters. The smallest absolute Gasteiger partial charge is 0.161 e. The van der Waals surface area contributed by atoms with E-state index in [0.29, 0.717) is 5.92 Å². The maximum absolute atomic E-state index is 5.50. The van der Waals surface area contributed by atoms with Gasteiger partial charge in [-0.05, 0) is 49.6 Å². The molecule has 2 aromatic carbocycles.